The number of nitrogens with zero attached hydrogens (tertiary/aromatic N) is 3. The fraction of sp³-hybridized carbons (Fsp3) is 0.667. The van der Waals surface area contributed by atoms with Crippen LogP contribution in [0.4, 0.5) is 5.82 Å². The fourth-order valence-electron chi connectivity index (χ4n) is 2.29. The molecule has 1 aromatic heterocycles. The van der Waals surface area contributed by atoms with E-state index in [9.17, 15) is 5.11 Å². The van der Waals surface area contributed by atoms with Crippen molar-refractivity contribution in [3.05, 3.63) is 17.0 Å². The van der Waals surface area contributed by atoms with Crippen LogP contribution >= 0.6 is 11.6 Å². The summed E-state index contributed by atoms with van der Waals surface area (Å²) in [6.45, 7) is 5.50. The van der Waals surface area contributed by atoms with E-state index in [4.69, 9.17) is 11.6 Å². The molecule has 1 aliphatic rings. The first-order valence-corrected chi connectivity index (χ1v) is 6.38. The molecule has 2 atom stereocenters. The Kier molecular flexibility index (Phi) is 3.84. The number of hydrogen-bond acceptors (Lipinski definition) is 4. The number of hydrogen-bond donors (Lipinski definition) is 1. The van der Waals surface area contributed by atoms with Gasteiger partial charge in [0.05, 0.1) is 6.10 Å². The molecule has 0 radical (unpaired) electrons. The third kappa shape index (κ3) is 3.07. The van der Waals surface area contributed by atoms with Crippen molar-refractivity contribution in [3.63, 3.8) is 0 Å². The highest BCUT2D eigenvalue weighted by Crippen LogP contribution is 2.25. The number of rotatable bonds is 2. The van der Waals surface area contributed by atoms with Crippen molar-refractivity contribution in [1.82, 2.24) is 9.97 Å². The Bertz CT molecular complexity index is 377. The first-order valence-electron chi connectivity index (χ1n) is 6.00. The maximum Gasteiger partial charge on any atom is 0.134 e. The van der Waals surface area contributed by atoms with Crippen molar-refractivity contribution in [2.45, 2.75) is 32.8 Å². The Morgan fingerprint density at radius 2 is 2.29 bits per heavy atom. The Balaban J connectivity index is 2.16. The average Bonchev–Trinajstić information content (AvgIpc) is 2.28. The minimum Gasteiger partial charge on any atom is -0.393 e. The number of aliphatic hydroxyl groups is 1. The van der Waals surface area contributed by atoms with E-state index in [1.807, 2.05) is 13.8 Å². The Morgan fingerprint density at radius 3 is 2.94 bits per heavy atom. The van der Waals surface area contributed by atoms with Crippen molar-refractivity contribution >= 4 is 17.4 Å². The van der Waals surface area contributed by atoms with Gasteiger partial charge in [-0.2, -0.15) is 0 Å². The fourth-order valence-corrected chi connectivity index (χ4v) is 2.51. The number of aromatic nitrogens is 2. The topological polar surface area (TPSA) is 49.2 Å². The predicted octanol–water partition coefficient (Wildman–Crippen LogP) is 2.04. The zero-order valence-corrected chi connectivity index (χ0v) is 11.0. The summed E-state index contributed by atoms with van der Waals surface area (Å²) >= 11 is 5.94. The summed E-state index contributed by atoms with van der Waals surface area (Å²) in [6.07, 6.45) is 1.89. The van der Waals surface area contributed by atoms with E-state index in [0.29, 0.717) is 16.9 Å². The summed E-state index contributed by atoms with van der Waals surface area (Å²) in [5.41, 5.74) is 0. The second-order valence-electron chi connectivity index (χ2n) is 4.69. The van der Waals surface area contributed by atoms with Crippen LogP contribution in [0.5, 0.6) is 0 Å². The highest BCUT2D eigenvalue weighted by Gasteiger charge is 2.24. The molecule has 1 aliphatic heterocycles. The monoisotopic (exact) mass is 255 g/mol. The maximum atomic E-state index is 9.67. The molecule has 0 bridgehead atoms. The van der Waals surface area contributed by atoms with Gasteiger partial charge in [-0.15, -0.1) is 0 Å². The van der Waals surface area contributed by atoms with Crippen LogP contribution in [-0.4, -0.2) is 34.3 Å². The van der Waals surface area contributed by atoms with E-state index in [0.717, 1.165) is 31.7 Å². The van der Waals surface area contributed by atoms with Crippen LogP contribution in [0.3, 0.4) is 0 Å². The van der Waals surface area contributed by atoms with Crippen molar-refractivity contribution in [1.29, 1.82) is 0 Å². The van der Waals surface area contributed by atoms with Crippen LogP contribution in [0.25, 0.3) is 0 Å². The minimum atomic E-state index is -0.267. The van der Waals surface area contributed by atoms with Gasteiger partial charge in [0.15, 0.2) is 0 Å². The average molecular weight is 256 g/mol. The van der Waals surface area contributed by atoms with Crippen molar-refractivity contribution in [2.75, 3.05) is 18.0 Å². The van der Waals surface area contributed by atoms with E-state index >= 15 is 0 Å². The van der Waals surface area contributed by atoms with E-state index in [1.165, 1.54) is 0 Å². The van der Waals surface area contributed by atoms with Crippen molar-refractivity contribution < 1.29 is 5.11 Å². The van der Waals surface area contributed by atoms with Gasteiger partial charge in [0.2, 0.25) is 0 Å². The highest BCUT2D eigenvalue weighted by atomic mass is 35.5. The molecule has 0 saturated carbocycles. The lowest BCUT2D eigenvalue weighted by atomic mass is 9.93. The zero-order chi connectivity index (χ0) is 12.4. The quantitative estimate of drug-likeness (QED) is 0.822. The molecule has 0 aliphatic carbocycles. The first-order chi connectivity index (χ1) is 8.06. The Hall–Kier alpha value is -0.870. The molecule has 4 nitrogen and oxygen atoms in total. The van der Waals surface area contributed by atoms with E-state index in [2.05, 4.69) is 14.9 Å². The zero-order valence-electron chi connectivity index (χ0n) is 10.2. The maximum absolute atomic E-state index is 9.67. The number of aliphatic hydroxyl groups excluding tert-OH is 1. The van der Waals surface area contributed by atoms with Gasteiger partial charge in [-0.05, 0) is 26.7 Å². The van der Waals surface area contributed by atoms with Gasteiger partial charge in [-0.1, -0.05) is 11.6 Å². The van der Waals surface area contributed by atoms with Gasteiger partial charge in [0.25, 0.3) is 0 Å². The van der Waals surface area contributed by atoms with Crippen LogP contribution < -0.4 is 4.90 Å². The largest absolute Gasteiger partial charge is 0.393 e. The standard InChI is InChI=1S/C12H18ClN3O/c1-8(17)10-4-3-5-16(7-10)12-6-11(13)14-9(2)15-12/h6,8,10,17H,3-5,7H2,1-2H3/t8-,10+/m1/s1. The predicted molar refractivity (Wildman–Crippen MR) is 68.4 cm³/mol. The molecule has 0 unspecified atom stereocenters. The second kappa shape index (κ2) is 5.19. The second-order valence-corrected chi connectivity index (χ2v) is 5.07. The molecule has 0 aromatic carbocycles. The molecule has 1 N–H and O–H groups in total. The summed E-state index contributed by atoms with van der Waals surface area (Å²) in [5.74, 6) is 1.87. The summed E-state index contributed by atoms with van der Waals surface area (Å²) < 4.78 is 0. The Labute approximate surface area is 107 Å². The minimum absolute atomic E-state index is 0.267. The van der Waals surface area contributed by atoms with Crippen LogP contribution in [0, 0.1) is 12.8 Å². The molecule has 1 fully saturated rings. The van der Waals surface area contributed by atoms with Crippen LogP contribution in [-0.2, 0) is 0 Å². The Morgan fingerprint density at radius 1 is 1.53 bits per heavy atom. The lowest BCUT2D eigenvalue weighted by Crippen LogP contribution is -2.40. The molecule has 94 valence electrons. The lowest BCUT2D eigenvalue weighted by molar-refractivity contribution is 0.115. The summed E-state index contributed by atoms with van der Waals surface area (Å²) in [5, 5.41) is 10.1. The van der Waals surface area contributed by atoms with Crippen LogP contribution in [0.1, 0.15) is 25.6 Å². The SMILES string of the molecule is Cc1nc(Cl)cc(N2CCC[C@H]([C@@H](C)O)C2)n1. The number of anilines is 1. The van der Waals surface area contributed by atoms with Gasteiger partial charge in [-0.3, -0.25) is 0 Å². The molecular weight excluding hydrogens is 238 g/mol. The summed E-state index contributed by atoms with van der Waals surface area (Å²) in [7, 11) is 0. The van der Waals surface area contributed by atoms with Gasteiger partial charge in [0.1, 0.15) is 16.8 Å². The van der Waals surface area contributed by atoms with Crippen molar-refractivity contribution in [3.8, 4) is 0 Å². The molecule has 2 rings (SSSR count). The summed E-state index contributed by atoms with van der Waals surface area (Å²) in [4.78, 5) is 10.6. The molecule has 0 spiro atoms. The van der Waals surface area contributed by atoms with Gasteiger partial charge in [-0.25, -0.2) is 9.97 Å². The van der Waals surface area contributed by atoms with E-state index < -0.39 is 0 Å². The third-order valence-electron chi connectivity index (χ3n) is 3.26. The first kappa shape index (κ1) is 12.6. The molecule has 1 aromatic rings. The third-order valence-corrected chi connectivity index (χ3v) is 3.45. The van der Waals surface area contributed by atoms with Crippen molar-refractivity contribution in [2.24, 2.45) is 5.92 Å². The number of halogens is 1. The molecule has 0 amide bonds. The molecule has 2 heterocycles. The lowest BCUT2D eigenvalue weighted by Gasteiger charge is -2.35. The number of aryl methyl sites for hydroxylation is 1. The van der Waals surface area contributed by atoms with E-state index in [-0.39, 0.29) is 6.10 Å². The molecule has 1 saturated heterocycles. The van der Waals surface area contributed by atoms with E-state index in [1.54, 1.807) is 6.07 Å². The van der Waals surface area contributed by atoms with Gasteiger partial charge >= 0.3 is 0 Å². The summed E-state index contributed by atoms with van der Waals surface area (Å²) in [6, 6.07) is 1.79. The molecule has 17 heavy (non-hydrogen) atoms. The molecule has 5 heteroatoms. The van der Waals surface area contributed by atoms with Gasteiger partial charge in [0, 0.05) is 25.1 Å². The molecular formula is C12H18ClN3O. The normalized spacial score (nSPS) is 22.6. The highest BCUT2D eigenvalue weighted by molar-refractivity contribution is 6.29. The number of piperidine rings is 1. The smallest absolute Gasteiger partial charge is 0.134 e. The van der Waals surface area contributed by atoms with Crippen LogP contribution in [0.2, 0.25) is 5.15 Å². The van der Waals surface area contributed by atoms with Crippen LogP contribution in [0.15, 0.2) is 6.07 Å². The van der Waals surface area contributed by atoms with Gasteiger partial charge < -0.3 is 10.0 Å².